The molecule has 134 valence electrons. The van der Waals surface area contributed by atoms with E-state index in [4.69, 9.17) is 0 Å². The van der Waals surface area contributed by atoms with Crippen molar-refractivity contribution >= 4 is 17.5 Å². The fraction of sp³-hybridized carbons (Fsp3) is 0.190. The van der Waals surface area contributed by atoms with Crippen LogP contribution in [0.3, 0.4) is 0 Å². The SMILES string of the molecule is CC[C@]1(c2ccccc2)NC(=O)N(Cc2cn3ccccc3c2C#N)C1=O. The molecule has 27 heavy (non-hydrogen) atoms. The van der Waals surface area contributed by atoms with E-state index in [2.05, 4.69) is 11.4 Å². The first-order valence-corrected chi connectivity index (χ1v) is 8.79. The second kappa shape index (κ2) is 6.29. The molecular weight excluding hydrogens is 340 g/mol. The molecule has 3 aromatic rings. The largest absolute Gasteiger partial charge is 0.325 e. The average molecular weight is 358 g/mol. The number of urea groups is 1. The molecule has 0 aliphatic carbocycles. The number of imide groups is 1. The van der Waals surface area contributed by atoms with Crippen LogP contribution < -0.4 is 5.32 Å². The van der Waals surface area contributed by atoms with Crippen LogP contribution in [0.1, 0.15) is 30.0 Å². The Bertz CT molecular complexity index is 1080. The molecule has 1 aromatic carbocycles. The summed E-state index contributed by atoms with van der Waals surface area (Å²) in [5, 5.41) is 12.4. The number of hydrogen-bond acceptors (Lipinski definition) is 3. The molecule has 0 spiro atoms. The predicted molar refractivity (Wildman–Crippen MR) is 99.6 cm³/mol. The van der Waals surface area contributed by atoms with Gasteiger partial charge in [0.2, 0.25) is 0 Å². The highest BCUT2D eigenvalue weighted by atomic mass is 16.2. The first-order chi connectivity index (χ1) is 13.1. The lowest BCUT2D eigenvalue weighted by Crippen LogP contribution is -2.43. The Labute approximate surface area is 156 Å². The van der Waals surface area contributed by atoms with E-state index in [0.717, 1.165) is 11.1 Å². The summed E-state index contributed by atoms with van der Waals surface area (Å²) in [7, 11) is 0. The van der Waals surface area contributed by atoms with Gasteiger partial charge in [-0.15, -0.1) is 0 Å². The molecule has 1 aliphatic rings. The molecule has 0 bridgehead atoms. The van der Waals surface area contributed by atoms with Gasteiger partial charge in [-0.05, 0) is 24.1 Å². The van der Waals surface area contributed by atoms with Gasteiger partial charge >= 0.3 is 6.03 Å². The highest BCUT2D eigenvalue weighted by molar-refractivity contribution is 6.07. The van der Waals surface area contributed by atoms with Gasteiger partial charge in [-0.2, -0.15) is 5.26 Å². The highest BCUT2D eigenvalue weighted by Gasteiger charge is 2.51. The second-order valence-electron chi connectivity index (χ2n) is 6.58. The Morgan fingerprint density at radius 2 is 1.85 bits per heavy atom. The lowest BCUT2D eigenvalue weighted by Gasteiger charge is -2.25. The summed E-state index contributed by atoms with van der Waals surface area (Å²) in [4.78, 5) is 27.1. The van der Waals surface area contributed by atoms with Gasteiger partial charge in [0, 0.05) is 18.0 Å². The van der Waals surface area contributed by atoms with Gasteiger partial charge in [0.1, 0.15) is 11.6 Å². The Balaban J connectivity index is 1.73. The molecule has 3 heterocycles. The number of nitriles is 1. The van der Waals surface area contributed by atoms with Gasteiger partial charge in [0.25, 0.3) is 5.91 Å². The maximum atomic E-state index is 13.2. The number of aromatic nitrogens is 1. The van der Waals surface area contributed by atoms with Crippen molar-refractivity contribution in [1.29, 1.82) is 5.26 Å². The minimum atomic E-state index is -1.07. The van der Waals surface area contributed by atoms with E-state index in [1.54, 1.807) is 6.20 Å². The fourth-order valence-electron chi connectivity index (χ4n) is 3.73. The molecule has 4 rings (SSSR count). The Morgan fingerprint density at radius 3 is 2.56 bits per heavy atom. The van der Waals surface area contributed by atoms with E-state index in [0.29, 0.717) is 17.5 Å². The summed E-state index contributed by atoms with van der Waals surface area (Å²) in [5.41, 5.74) is 1.57. The average Bonchev–Trinajstić information content (AvgIpc) is 3.18. The summed E-state index contributed by atoms with van der Waals surface area (Å²) >= 11 is 0. The van der Waals surface area contributed by atoms with Crippen LogP contribution in [0.5, 0.6) is 0 Å². The van der Waals surface area contributed by atoms with Crippen LogP contribution >= 0.6 is 0 Å². The lowest BCUT2D eigenvalue weighted by atomic mass is 9.87. The van der Waals surface area contributed by atoms with Crippen molar-refractivity contribution in [2.24, 2.45) is 0 Å². The van der Waals surface area contributed by atoms with Crippen molar-refractivity contribution in [3.63, 3.8) is 0 Å². The van der Waals surface area contributed by atoms with Crippen LogP contribution in [0.2, 0.25) is 0 Å². The van der Waals surface area contributed by atoms with Crippen molar-refractivity contribution in [2.45, 2.75) is 25.4 Å². The number of amides is 3. The molecular formula is C21H18N4O2. The topological polar surface area (TPSA) is 77.6 Å². The van der Waals surface area contributed by atoms with Crippen molar-refractivity contribution < 1.29 is 9.59 Å². The zero-order chi connectivity index (χ0) is 19.0. The molecule has 1 aliphatic heterocycles. The molecule has 1 atom stereocenters. The van der Waals surface area contributed by atoms with Crippen LogP contribution in [-0.4, -0.2) is 21.2 Å². The van der Waals surface area contributed by atoms with Gasteiger partial charge in [0.15, 0.2) is 0 Å². The number of carbonyl (C=O) groups excluding carboxylic acids is 2. The monoisotopic (exact) mass is 358 g/mol. The zero-order valence-electron chi connectivity index (χ0n) is 14.8. The molecule has 6 nitrogen and oxygen atoms in total. The molecule has 3 amide bonds. The van der Waals surface area contributed by atoms with Crippen LogP contribution in [0.15, 0.2) is 60.9 Å². The van der Waals surface area contributed by atoms with E-state index >= 15 is 0 Å². The molecule has 2 aromatic heterocycles. The molecule has 1 fully saturated rings. The summed E-state index contributed by atoms with van der Waals surface area (Å²) in [6.07, 6.45) is 4.08. The maximum absolute atomic E-state index is 13.2. The second-order valence-corrected chi connectivity index (χ2v) is 6.58. The lowest BCUT2D eigenvalue weighted by molar-refractivity contribution is -0.132. The maximum Gasteiger partial charge on any atom is 0.325 e. The fourth-order valence-corrected chi connectivity index (χ4v) is 3.73. The number of pyridine rings is 1. The van der Waals surface area contributed by atoms with Crippen molar-refractivity contribution in [3.8, 4) is 6.07 Å². The number of nitrogens with one attached hydrogen (secondary N) is 1. The number of benzene rings is 1. The van der Waals surface area contributed by atoms with Crippen LogP contribution in [0, 0.1) is 11.3 Å². The van der Waals surface area contributed by atoms with Crippen molar-refractivity contribution in [3.05, 3.63) is 77.6 Å². The molecule has 0 radical (unpaired) electrons. The number of fused-ring (bicyclic) bond motifs is 1. The molecule has 0 unspecified atom stereocenters. The minimum absolute atomic E-state index is 0.0593. The first-order valence-electron chi connectivity index (χ1n) is 8.79. The number of nitrogens with zero attached hydrogens (tertiary/aromatic N) is 3. The molecule has 1 N–H and O–H groups in total. The van der Waals surface area contributed by atoms with Crippen LogP contribution in [0.25, 0.3) is 5.52 Å². The van der Waals surface area contributed by atoms with Gasteiger partial charge in [-0.3, -0.25) is 9.69 Å². The van der Waals surface area contributed by atoms with E-state index in [1.807, 2.05) is 66.1 Å². The van der Waals surface area contributed by atoms with Gasteiger partial charge in [-0.25, -0.2) is 4.79 Å². The van der Waals surface area contributed by atoms with Crippen molar-refractivity contribution in [2.75, 3.05) is 0 Å². The zero-order valence-corrected chi connectivity index (χ0v) is 14.8. The number of hydrogen-bond donors (Lipinski definition) is 1. The third kappa shape index (κ3) is 2.48. The normalized spacial score (nSPS) is 19.3. The quantitative estimate of drug-likeness (QED) is 0.728. The molecule has 0 saturated carbocycles. The van der Waals surface area contributed by atoms with Crippen LogP contribution in [-0.2, 0) is 16.9 Å². The first kappa shape index (κ1) is 16.9. The third-order valence-corrected chi connectivity index (χ3v) is 5.18. The summed E-state index contributed by atoms with van der Waals surface area (Å²) in [6, 6.07) is 16.6. The van der Waals surface area contributed by atoms with Crippen LogP contribution in [0.4, 0.5) is 4.79 Å². The number of rotatable bonds is 4. The number of carbonyl (C=O) groups is 2. The predicted octanol–water partition coefficient (Wildman–Crippen LogP) is 3.17. The molecule has 6 heteroatoms. The summed E-state index contributed by atoms with van der Waals surface area (Å²) in [6.45, 7) is 1.94. The minimum Gasteiger partial charge on any atom is -0.322 e. The Morgan fingerprint density at radius 1 is 1.11 bits per heavy atom. The van der Waals surface area contributed by atoms with Gasteiger partial charge in [0.05, 0.1) is 17.6 Å². The smallest absolute Gasteiger partial charge is 0.322 e. The van der Waals surface area contributed by atoms with E-state index < -0.39 is 11.6 Å². The standard InChI is InChI=1S/C21H18N4O2/c1-2-21(16-8-4-3-5-9-16)19(26)25(20(27)23-21)14-15-13-24-11-7-6-10-18(24)17(15)12-22/h3-11,13H,2,14H2,1H3,(H,23,27)/t21-/m1/s1. The highest BCUT2D eigenvalue weighted by Crippen LogP contribution is 2.33. The van der Waals surface area contributed by atoms with Crippen molar-refractivity contribution in [1.82, 2.24) is 14.6 Å². The van der Waals surface area contributed by atoms with E-state index in [-0.39, 0.29) is 12.5 Å². The summed E-state index contributed by atoms with van der Waals surface area (Å²) < 4.78 is 1.83. The van der Waals surface area contributed by atoms with Gasteiger partial charge in [-0.1, -0.05) is 43.3 Å². The van der Waals surface area contributed by atoms with E-state index in [9.17, 15) is 14.9 Å². The Kier molecular flexibility index (Phi) is 3.93. The van der Waals surface area contributed by atoms with E-state index in [1.165, 1.54) is 4.90 Å². The third-order valence-electron chi connectivity index (χ3n) is 5.18. The van der Waals surface area contributed by atoms with Gasteiger partial charge < -0.3 is 9.72 Å². The Hall–Kier alpha value is -3.59. The summed E-state index contributed by atoms with van der Waals surface area (Å²) in [5.74, 6) is -0.291. The molecule has 1 saturated heterocycles.